The molecule has 2 fully saturated rings. The van der Waals surface area contributed by atoms with E-state index in [2.05, 4.69) is 0 Å². The number of aliphatic hydroxyl groups is 2. The number of benzene rings is 2. The van der Waals surface area contributed by atoms with E-state index in [1.54, 1.807) is 6.92 Å². The van der Waals surface area contributed by atoms with Gasteiger partial charge in [0.25, 0.3) is 0 Å². The fourth-order valence-corrected chi connectivity index (χ4v) is 4.51. The molecule has 3 atom stereocenters. The fourth-order valence-electron chi connectivity index (χ4n) is 4.32. The van der Waals surface area contributed by atoms with Gasteiger partial charge in [-0.1, -0.05) is 35.9 Å². The normalized spacial score (nSPS) is 23.6. The first-order valence-corrected chi connectivity index (χ1v) is 11.5. The molecule has 2 N–H and O–H groups in total. The fraction of sp³-hybridized carbons (Fsp3) is 0.480. The van der Waals surface area contributed by atoms with E-state index in [4.69, 9.17) is 21.1 Å². The molecule has 172 valence electrons. The van der Waals surface area contributed by atoms with Crippen LogP contribution in [0, 0.1) is 5.92 Å². The van der Waals surface area contributed by atoms with Gasteiger partial charge in [-0.25, -0.2) is 0 Å². The van der Waals surface area contributed by atoms with Crippen molar-refractivity contribution in [2.75, 3.05) is 26.3 Å². The second kappa shape index (κ2) is 10.2. The smallest absolute Gasteiger partial charge is 0.219 e. The number of hydrogen-bond acceptors (Lipinski definition) is 5. The van der Waals surface area contributed by atoms with Gasteiger partial charge in [0.1, 0.15) is 5.75 Å². The Hall–Kier alpha value is -2.12. The maximum Gasteiger partial charge on any atom is 0.219 e. The van der Waals surface area contributed by atoms with E-state index in [0.29, 0.717) is 36.8 Å². The van der Waals surface area contributed by atoms with Crippen LogP contribution in [-0.2, 0) is 16.0 Å². The summed E-state index contributed by atoms with van der Waals surface area (Å²) in [5.41, 5.74) is 3.06. The van der Waals surface area contributed by atoms with Crippen LogP contribution in [0.2, 0.25) is 5.02 Å². The number of nitrogens with zero attached hydrogens (tertiary/aromatic N) is 1. The summed E-state index contributed by atoms with van der Waals surface area (Å²) in [6, 6.07) is 13.8. The van der Waals surface area contributed by atoms with E-state index < -0.39 is 6.10 Å². The third-order valence-corrected chi connectivity index (χ3v) is 6.60. The number of amides is 1. The van der Waals surface area contributed by atoms with Gasteiger partial charge in [0.2, 0.25) is 5.91 Å². The number of hydrogen-bond donors (Lipinski definition) is 2. The van der Waals surface area contributed by atoms with Gasteiger partial charge in [-0.15, -0.1) is 0 Å². The lowest BCUT2D eigenvalue weighted by Gasteiger charge is -2.38. The SMILES string of the molecule is CC(=O)N1CC(COc2ccc(Cc3cc(C4CC(O)CC(CO)O4)ccc3Cl)cc2)C1. The third kappa shape index (κ3) is 5.62. The summed E-state index contributed by atoms with van der Waals surface area (Å²) >= 11 is 6.46. The Labute approximate surface area is 193 Å². The molecule has 2 aromatic rings. The molecule has 3 unspecified atom stereocenters. The quantitative estimate of drug-likeness (QED) is 0.663. The highest BCUT2D eigenvalue weighted by molar-refractivity contribution is 6.31. The first kappa shape index (κ1) is 23.1. The second-order valence-electron chi connectivity index (χ2n) is 8.83. The Morgan fingerprint density at radius 2 is 1.94 bits per heavy atom. The van der Waals surface area contributed by atoms with Crippen LogP contribution in [0.15, 0.2) is 42.5 Å². The number of rotatable bonds is 7. The first-order chi connectivity index (χ1) is 15.4. The lowest BCUT2D eigenvalue weighted by molar-refractivity contribution is -0.135. The zero-order valence-electron chi connectivity index (χ0n) is 18.2. The third-order valence-electron chi connectivity index (χ3n) is 6.23. The Kier molecular flexibility index (Phi) is 7.36. The molecule has 2 heterocycles. The van der Waals surface area contributed by atoms with Crippen LogP contribution in [0.3, 0.4) is 0 Å². The molecule has 1 amide bonds. The minimum atomic E-state index is -0.483. The van der Waals surface area contributed by atoms with Crippen molar-refractivity contribution in [3.63, 3.8) is 0 Å². The maximum atomic E-state index is 11.3. The number of ether oxygens (including phenoxy) is 2. The highest BCUT2D eigenvalue weighted by Crippen LogP contribution is 2.34. The molecule has 2 saturated heterocycles. The molecular formula is C25H30ClNO5. The van der Waals surface area contributed by atoms with Crippen molar-refractivity contribution in [3.8, 4) is 5.75 Å². The minimum Gasteiger partial charge on any atom is -0.493 e. The molecule has 2 aromatic carbocycles. The van der Waals surface area contributed by atoms with Gasteiger partial charge in [0, 0.05) is 43.8 Å². The van der Waals surface area contributed by atoms with E-state index in [9.17, 15) is 15.0 Å². The Balaban J connectivity index is 1.35. The number of carbonyl (C=O) groups is 1. The van der Waals surface area contributed by atoms with E-state index in [-0.39, 0.29) is 24.7 Å². The standard InChI is InChI=1S/C25H30ClNO5/c1-16(29)27-12-18(13-27)15-31-22-5-2-17(3-6-22)8-20-9-19(4-7-24(20)26)25-11-21(30)10-23(14-28)32-25/h2-7,9,18,21,23,25,28,30H,8,10-15H2,1H3. The van der Waals surface area contributed by atoms with Crippen LogP contribution in [0.5, 0.6) is 5.75 Å². The molecule has 0 radical (unpaired) electrons. The van der Waals surface area contributed by atoms with Crippen LogP contribution in [0.1, 0.15) is 42.6 Å². The van der Waals surface area contributed by atoms with Crippen LogP contribution >= 0.6 is 11.6 Å². The van der Waals surface area contributed by atoms with Crippen molar-refractivity contribution in [2.45, 2.75) is 44.5 Å². The van der Waals surface area contributed by atoms with Crippen LogP contribution < -0.4 is 4.74 Å². The van der Waals surface area contributed by atoms with Gasteiger partial charge in [0.05, 0.1) is 31.5 Å². The summed E-state index contributed by atoms with van der Waals surface area (Å²) in [5, 5.41) is 20.2. The highest BCUT2D eigenvalue weighted by atomic mass is 35.5. The van der Waals surface area contributed by atoms with E-state index in [1.165, 1.54) is 0 Å². The summed E-state index contributed by atoms with van der Waals surface area (Å²) in [7, 11) is 0. The molecule has 0 spiro atoms. The van der Waals surface area contributed by atoms with Gasteiger partial charge in [0.15, 0.2) is 0 Å². The van der Waals surface area contributed by atoms with Crippen LogP contribution in [0.4, 0.5) is 0 Å². The van der Waals surface area contributed by atoms with Gasteiger partial charge in [-0.3, -0.25) is 4.79 Å². The molecule has 0 saturated carbocycles. The molecule has 0 aliphatic carbocycles. The average molecular weight is 460 g/mol. The summed E-state index contributed by atoms with van der Waals surface area (Å²) in [6.45, 7) is 3.64. The van der Waals surface area contributed by atoms with Crippen LogP contribution in [0.25, 0.3) is 0 Å². The molecule has 7 heteroatoms. The number of likely N-dealkylation sites (tertiary alicyclic amines) is 1. The number of aliphatic hydroxyl groups excluding tert-OH is 2. The molecule has 0 aromatic heterocycles. The van der Waals surface area contributed by atoms with Crippen molar-refractivity contribution < 1.29 is 24.5 Å². The Bertz CT molecular complexity index is 928. The number of carbonyl (C=O) groups excluding carboxylic acids is 1. The Morgan fingerprint density at radius 3 is 2.62 bits per heavy atom. The first-order valence-electron chi connectivity index (χ1n) is 11.1. The van der Waals surface area contributed by atoms with E-state index >= 15 is 0 Å². The van der Waals surface area contributed by atoms with Gasteiger partial charge in [-0.2, -0.15) is 0 Å². The zero-order valence-corrected chi connectivity index (χ0v) is 19.0. The lowest BCUT2D eigenvalue weighted by atomic mass is 9.94. The molecular weight excluding hydrogens is 430 g/mol. The predicted octanol–water partition coefficient (Wildman–Crippen LogP) is 3.36. The summed E-state index contributed by atoms with van der Waals surface area (Å²) < 4.78 is 11.8. The largest absolute Gasteiger partial charge is 0.493 e. The topological polar surface area (TPSA) is 79.2 Å². The molecule has 32 heavy (non-hydrogen) atoms. The van der Waals surface area contributed by atoms with Gasteiger partial charge >= 0.3 is 0 Å². The summed E-state index contributed by atoms with van der Waals surface area (Å²) in [4.78, 5) is 13.1. The summed E-state index contributed by atoms with van der Waals surface area (Å²) in [6.07, 6.45) is 0.547. The summed E-state index contributed by atoms with van der Waals surface area (Å²) in [5.74, 6) is 1.33. The second-order valence-corrected chi connectivity index (χ2v) is 9.23. The van der Waals surface area contributed by atoms with Crippen LogP contribution in [-0.4, -0.2) is 59.5 Å². The lowest BCUT2D eigenvalue weighted by Crippen LogP contribution is -2.51. The minimum absolute atomic E-state index is 0.0991. The molecule has 0 bridgehead atoms. The molecule has 2 aliphatic rings. The van der Waals surface area contributed by atoms with Crippen molar-refractivity contribution in [1.29, 1.82) is 0 Å². The van der Waals surface area contributed by atoms with Crippen molar-refractivity contribution in [2.24, 2.45) is 5.92 Å². The van der Waals surface area contributed by atoms with Crippen molar-refractivity contribution in [3.05, 3.63) is 64.2 Å². The average Bonchev–Trinajstić information content (AvgIpc) is 2.74. The Morgan fingerprint density at radius 1 is 1.19 bits per heavy atom. The number of halogens is 1. The van der Waals surface area contributed by atoms with E-state index in [1.807, 2.05) is 47.4 Å². The van der Waals surface area contributed by atoms with E-state index in [0.717, 1.165) is 35.5 Å². The molecule has 4 rings (SSSR count). The van der Waals surface area contributed by atoms with Crippen molar-refractivity contribution >= 4 is 17.5 Å². The zero-order chi connectivity index (χ0) is 22.7. The molecule has 2 aliphatic heterocycles. The maximum absolute atomic E-state index is 11.3. The van der Waals surface area contributed by atoms with Crippen molar-refractivity contribution in [1.82, 2.24) is 4.90 Å². The molecule has 6 nitrogen and oxygen atoms in total. The predicted molar refractivity (Wildman–Crippen MR) is 122 cm³/mol. The monoisotopic (exact) mass is 459 g/mol. The van der Waals surface area contributed by atoms with Gasteiger partial charge in [-0.05, 0) is 41.3 Å². The van der Waals surface area contributed by atoms with Gasteiger partial charge < -0.3 is 24.6 Å². The highest BCUT2D eigenvalue weighted by Gasteiger charge is 2.30.